The van der Waals surface area contributed by atoms with E-state index in [1.54, 1.807) is 7.11 Å². The van der Waals surface area contributed by atoms with Gasteiger partial charge in [-0.3, -0.25) is 4.79 Å². The lowest BCUT2D eigenvalue weighted by Crippen LogP contribution is -2.41. The van der Waals surface area contributed by atoms with E-state index in [0.717, 1.165) is 50.3 Å². The number of nitrogens with two attached hydrogens (primary N) is 1. The predicted octanol–water partition coefficient (Wildman–Crippen LogP) is 1.59. The van der Waals surface area contributed by atoms with E-state index < -0.39 is 0 Å². The monoisotopic (exact) mass is 306 g/mol. The standard InChI is InChI=1S/C17H26N2O3/c1-21-16-5-2-4-14(12-16)13-17(20)19-9-6-15(7-10-19)22-11-3-8-18/h2,4-5,12,15H,3,6-11,13,18H2,1H3. The summed E-state index contributed by atoms with van der Waals surface area (Å²) in [5.41, 5.74) is 6.45. The fourth-order valence-corrected chi connectivity index (χ4v) is 2.67. The zero-order valence-electron chi connectivity index (χ0n) is 13.3. The summed E-state index contributed by atoms with van der Waals surface area (Å²) in [6, 6.07) is 7.68. The Morgan fingerprint density at radius 2 is 2.14 bits per heavy atom. The number of ether oxygens (including phenoxy) is 2. The molecule has 0 radical (unpaired) electrons. The zero-order valence-corrected chi connectivity index (χ0v) is 13.3. The van der Waals surface area contributed by atoms with E-state index in [-0.39, 0.29) is 12.0 Å². The Bertz CT molecular complexity index is 471. The van der Waals surface area contributed by atoms with Gasteiger partial charge in [0.1, 0.15) is 5.75 Å². The largest absolute Gasteiger partial charge is 0.497 e. The van der Waals surface area contributed by atoms with Gasteiger partial charge in [0.05, 0.1) is 19.6 Å². The van der Waals surface area contributed by atoms with Gasteiger partial charge in [-0.25, -0.2) is 0 Å². The summed E-state index contributed by atoms with van der Waals surface area (Å²) in [6.07, 6.45) is 3.42. The van der Waals surface area contributed by atoms with Gasteiger partial charge in [0.25, 0.3) is 0 Å². The van der Waals surface area contributed by atoms with Crippen LogP contribution in [0.5, 0.6) is 5.75 Å². The van der Waals surface area contributed by atoms with E-state index in [9.17, 15) is 4.79 Å². The summed E-state index contributed by atoms with van der Waals surface area (Å²) in [7, 11) is 1.64. The maximum absolute atomic E-state index is 12.4. The third-order valence-electron chi connectivity index (χ3n) is 3.99. The summed E-state index contributed by atoms with van der Waals surface area (Å²) in [5.74, 6) is 0.964. The van der Waals surface area contributed by atoms with Crippen LogP contribution in [-0.2, 0) is 16.0 Å². The molecule has 1 aliphatic rings. The number of rotatable bonds is 7. The van der Waals surface area contributed by atoms with Crippen LogP contribution >= 0.6 is 0 Å². The Kier molecular flexibility index (Phi) is 6.68. The molecule has 1 saturated heterocycles. The Morgan fingerprint density at radius 1 is 1.36 bits per heavy atom. The minimum atomic E-state index is 0.175. The van der Waals surface area contributed by atoms with Crippen molar-refractivity contribution in [3.05, 3.63) is 29.8 Å². The second-order valence-electron chi connectivity index (χ2n) is 5.62. The third-order valence-corrected chi connectivity index (χ3v) is 3.99. The number of methoxy groups -OCH3 is 1. The van der Waals surface area contributed by atoms with E-state index in [4.69, 9.17) is 15.2 Å². The van der Waals surface area contributed by atoms with Crippen molar-refractivity contribution in [3.63, 3.8) is 0 Å². The molecule has 0 aliphatic carbocycles. The molecule has 0 aromatic heterocycles. The predicted molar refractivity (Wildman–Crippen MR) is 85.9 cm³/mol. The van der Waals surface area contributed by atoms with Gasteiger partial charge < -0.3 is 20.1 Å². The molecular formula is C17H26N2O3. The van der Waals surface area contributed by atoms with Crippen LogP contribution in [0.2, 0.25) is 0 Å². The molecule has 1 amide bonds. The number of nitrogens with zero attached hydrogens (tertiary/aromatic N) is 1. The van der Waals surface area contributed by atoms with Crippen molar-refractivity contribution in [2.45, 2.75) is 31.8 Å². The normalized spacial score (nSPS) is 15.8. The van der Waals surface area contributed by atoms with E-state index >= 15 is 0 Å². The summed E-state index contributed by atoms with van der Waals surface area (Å²) >= 11 is 0. The molecule has 1 aromatic rings. The number of carbonyl (C=O) groups is 1. The first kappa shape index (κ1) is 16.8. The first-order valence-corrected chi connectivity index (χ1v) is 7.95. The highest BCUT2D eigenvalue weighted by molar-refractivity contribution is 5.79. The number of hydrogen-bond donors (Lipinski definition) is 1. The number of amides is 1. The van der Waals surface area contributed by atoms with Crippen molar-refractivity contribution in [3.8, 4) is 5.75 Å². The second-order valence-corrected chi connectivity index (χ2v) is 5.62. The lowest BCUT2D eigenvalue weighted by atomic mass is 10.1. The van der Waals surface area contributed by atoms with Crippen LogP contribution in [0.25, 0.3) is 0 Å². The second kappa shape index (κ2) is 8.76. The van der Waals surface area contributed by atoms with Gasteiger partial charge in [0.2, 0.25) is 5.91 Å². The number of hydrogen-bond acceptors (Lipinski definition) is 4. The smallest absolute Gasteiger partial charge is 0.226 e. The maximum Gasteiger partial charge on any atom is 0.226 e. The minimum absolute atomic E-state index is 0.175. The average molecular weight is 306 g/mol. The van der Waals surface area contributed by atoms with Crippen molar-refractivity contribution in [2.24, 2.45) is 5.73 Å². The molecule has 1 heterocycles. The molecule has 1 aromatic carbocycles. The molecule has 5 heteroatoms. The van der Waals surface area contributed by atoms with Crippen LogP contribution in [0, 0.1) is 0 Å². The molecule has 5 nitrogen and oxygen atoms in total. The van der Waals surface area contributed by atoms with Crippen molar-refractivity contribution in [2.75, 3.05) is 33.4 Å². The van der Waals surface area contributed by atoms with Gasteiger partial charge in [-0.15, -0.1) is 0 Å². The molecule has 122 valence electrons. The molecule has 0 atom stereocenters. The summed E-state index contributed by atoms with van der Waals surface area (Å²) in [5, 5.41) is 0. The molecular weight excluding hydrogens is 280 g/mol. The molecule has 0 saturated carbocycles. The average Bonchev–Trinajstić information content (AvgIpc) is 2.56. The molecule has 1 fully saturated rings. The van der Waals surface area contributed by atoms with E-state index in [1.807, 2.05) is 29.2 Å². The molecule has 2 rings (SSSR count). The molecule has 22 heavy (non-hydrogen) atoms. The van der Waals surface area contributed by atoms with Crippen LogP contribution in [0.15, 0.2) is 24.3 Å². The summed E-state index contributed by atoms with van der Waals surface area (Å²) in [6.45, 7) is 2.93. The summed E-state index contributed by atoms with van der Waals surface area (Å²) in [4.78, 5) is 14.3. The molecule has 0 bridgehead atoms. The lowest BCUT2D eigenvalue weighted by Gasteiger charge is -2.32. The maximum atomic E-state index is 12.4. The molecule has 1 aliphatic heterocycles. The quantitative estimate of drug-likeness (QED) is 0.777. The van der Waals surface area contributed by atoms with Crippen molar-refractivity contribution in [1.29, 1.82) is 0 Å². The van der Waals surface area contributed by atoms with Gasteiger partial charge in [0.15, 0.2) is 0 Å². The number of piperidine rings is 1. The SMILES string of the molecule is COc1cccc(CC(=O)N2CCC(OCCCN)CC2)c1. The zero-order chi connectivity index (χ0) is 15.8. The molecule has 0 unspecified atom stereocenters. The Morgan fingerprint density at radius 3 is 2.82 bits per heavy atom. The number of benzene rings is 1. The lowest BCUT2D eigenvalue weighted by molar-refractivity contribution is -0.133. The van der Waals surface area contributed by atoms with E-state index in [2.05, 4.69) is 0 Å². The van der Waals surface area contributed by atoms with Crippen LogP contribution in [-0.4, -0.2) is 50.3 Å². The number of carbonyl (C=O) groups excluding carboxylic acids is 1. The van der Waals surface area contributed by atoms with Gasteiger partial charge in [-0.1, -0.05) is 12.1 Å². The Labute approximate surface area is 132 Å². The summed E-state index contributed by atoms with van der Waals surface area (Å²) < 4.78 is 11.0. The van der Waals surface area contributed by atoms with Crippen LogP contribution < -0.4 is 10.5 Å². The van der Waals surface area contributed by atoms with Crippen molar-refractivity contribution < 1.29 is 14.3 Å². The van der Waals surface area contributed by atoms with Crippen molar-refractivity contribution in [1.82, 2.24) is 4.90 Å². The fourth-order valence-electron chi connectivity index (χ4n) is 2.67. The molecule has 2 N–H and O–H groups in total. The van der Waals surface area contributed by atoms with E-state index in [1.165, 1.54) is 0 Å². The highest BCUT2D eigenvalue weighted by Gasteiger charge is 2.23. The topological polar surface area (TPSA) is 64.8 Å². The van der Waals surface area contributed by atoms with Crippen LogP contribution in [0.3, 0.4) is 0 Å². The third kappa shape index (κ3) is 5.00. The van der Waals surface area contributed by atoms with Gasteiger partial charge in [-0.05, 0) is 43.5 Å². The van der Waals surface area contributed by atoms with Gasteiger partial charge >= 0.3 is 0 Å². The number of likely N-dealkylation sites (tertiary alicyclic amines) is 1. The first-order valence-electron chi connectivity index (χ1n) is 7.95. The van der Waals surface area contributed by atoms with E-state index in [0.29, 0.717) is 13.0 Å². The van der Waals surface area contributed by atoms with Gasteiger partial charge in [0, 0.05) is 19.7 Å². The highest BCUT2D eigenvalue weighted by Crippen LogP contribution is 2.17. The van der Waals surface area contributed by atoms with Gasteiger partial charge in [-0.2, -0.15) is 0 Å². The first-order chi connectivity index (χ1) is 10.7. The van der Waals surface area contributed by atoms with Crippen LogP contribution in [0.4, 0.5) is 0 Å². The minimum Gasteiger partial charge on any atom is -0.497 e. The Balaban J connectivity index is 1.77. The fraction of sp³-hybridized carbons (Fsp3) is 0.588. The Hall–Kier alpha value is -1.59. The van der Waals surface area contributed by atoms with Crippen LogP contribution in [0.1, 0.15) is 24.8 Å². The highest BCUT2D eigenvalue weighted by atomic mass is 16.5. The van der Waals surface area contributed by atoms with Crippen molar-refractivity contribution >= 4 is 5.91 Å². The molecule has 0 spiro atoms.